The second-order valence-corrected chi connectivity index (χ2v) is 7.85. The maximum absolute atomic E-state index is 12.5. The Balaban J connectivity index is 1.56. The molecule has 5 nitrogen and oxygen atoms in total. The van der Waals surface area contributed by atoms with E-state index < -0.39 is 6.10 Å². The van der Waals surface area contributed by atoms with Crippen molar-refractivity contribution in [3.8, 4) is 5.75 Å². The summed E-state index contributed by atoms with van der Waals surface area (Å²) < 4.78 is 5.62. The molecule has 0 aliphatic carbocycles. The number of rotatable bonds is 7. The van der Waals surface area contributed by atoms with Crippen molar-refractivity contribution in [1.29, 1.82) is 0 Å². The van der Waals surface area contributed by atoms with Crippen molar-refractivity contribution in [2.75, 3.05) is 5.32 Å². The van der Waals surface area contributed by atoms with Crippen LogP contribution in [0.4, 0.5) is 5.69 Å². The zero-order chi connectivity index (χ0) is 22.4. The number of carbonyl (C=O) groups is 2. The molecule has 2 N–H and O–H groups in total. The minimum Gasteiger partial charge on any atom is -0.479 e. The van der Waals surface area contributed by atoms with Gasteiger partial charge in [0.2, 0.25) is 0 Å². The summed E-state index contributed by atoms with van der Waals surface area (Å²) in [6.45, 7) is 3.54. The smallest absolute Gasteiger partial charge is 0.265 e. The second kappa shape index (κ2) is 10.3. The van der Waals surface area contributed by atoms with Gasteiger partial charge in [-0.1, -0.05) is 53.5 Å². The number of hydrogen-bond donors (Lipinski definition) is 2. The van der Waals surface area contributed by atoms with Gasteiger partial charge in [0, 0.05) is 16.3 Å². The predicted octanol–water partition coefficient (Wildman–Crippen LogP) is 5.89. The molecule has 31 heavy (non-hydrogen) atoms. The highest BCUT2D eigenvalue weighted by Gasteiger charge is 2.17. The van der Waals surface area contributed by atoms with E-state index in [-0.39, 0.29) is 17.9 Å². The van der Waals surface area contributed by atoms with Crippen LogP contribution in [0.2, 0.25) is 10.0 Å². The van der Waals surface area contributed by atoms with E-state index in [9.17, 15) is 9.59 Å². The fraction of sp³-hybridized carbons (Fsp3) is 0.167. The second-order valence-electron chi connectivity index (χ2n) is 7.01. The molecular weight excluding hydrogens is 435 g/mol. The van der Waals surface area contributed by atoms with Crippen molar-refractivity contribution in [3.63, 3.8) is 0 Å². The van der Waals surface area contributed by atoms with Crippen LogP contribution in [-0.2, 0) is 4.79 Å². The van der Waals surface area contributed by atoms with E-state index in [0.29, 0.717) is 27.0 Å². The van der Waals surface area contributed by atoms with E-state index in [2.05, 4.69) is 10.6 Å². The van der Waals surface area contributed by atoms with Crippen molar-refractivity contribution < 1.29 is 14.3 Å². The largest absolute Gasteiger partial charge is 0.479 e. The Hall–Kier alpha value is -3.02. The Bertz CT molecular complexity index is 1060. The molecule has 0 aliphatic rings. The number of ether oxygens (including phenoxy) is 1. The molecular formula is C24H22Cl2N2O3. The summed E-state index contributed by atoms with van der Waals surface area (Å²) in [4.78, 5) is 24.9. The molecule has 3 aromatic rings. The zero-order valence-corrected chi connectivity index (χ0v) is 18.6. The molecule has 0 heterocycles. The summed E-state index contributed by atoms with van der Waals surface area (Å²) in [6, 6.07) is 21.0. The molecule has 7 heteroatoms. The molecule has 0 saturated heterocycles. The standard InChI is InChI=1S/C24H22Cl2N2O3/c1-15(17-6-4-3-5-7-17)27-24(30)18-8-11-20(12-9-18)28-23(29)16(2)31-22-13-10-19(25)14-21(22)26/h3-16H,1-2H3,(H,27,30)(H,28,29). The van der Waals surface area contributed by atoms with Gasteiger partial charge in [0.15, 0.2) is 6.10 Å². The Labute approximate surface area is 191 Å². The van der Waals surface area contributed by atoms with Gasteiger partial charge in [-0.25, -0.2) is 0 Å². The molecule has 0 radical (unpaired) electrons. The normalized spacial score (nSPS) is 12.5. The van der Waals surface area contributed by atoms with Crippen LogP contribution < -0.4 is 15.4 Å². The van der Waals surface area contributed by atoms with Gasteiger partial charge in [-0.15, -0.1) is 0 Å². The van der Waals surface area contributed by atoms with Crippen molar-refractivity contribution >= 4 is 40.7 Å². The number of halogens is 2. The highest BCUT2D eigenvalue weighted by Crippen LogP contribution is 2.28. The summed E-state index contributed by atoms with van der Waals surface area (Å²) in [6.07, 6.45) is -0.784. The summed E-state index contributed by atoms with van der Waals surface area (Å²) in [5.41, 5.74) is 2.07. The number of anilines is 1. The summed E-state index contributed by atoms with van der Waals surface area (Å²) in [5, 5.41) is 6.53. The highest BCUT2D eigenvalue weighted by molar-refractivity contribution is 6.35. The molecule has 160 valence electrons. The van der Waals surface area contributed by atoms with Crippen LogP contribution >= 0.6 is 23.2 Å². The van der Waals surface area contributed by atoms with Crippen LogP contribution in [0.3, 0.4) is 0 Å². The average molecular weight is 457 g/mol. The third kappa shape index (κ3) is 6.23. The van der Waals surface area contributed by atoms with Crippen LogP contribution in [0.5, 0.6) is 5.75 Å². The fourth-order valence-corrected chi connectivity index (χ4v) is 3.32. The van der Waals surface area contributed by atoms with E-state index in [1.165, 1.54) is 0 Å². The minimum absolute atomic E-state index is 0.120. The lowest BCUT2D eigenvalue weighted by molar-refractivity contribution is -0.122. The third-order valence-corrected chi connectivity index (χ3v) is 5.16. The van der Waals surface area contributed by atoms with E-state index in [4.69, 9.17) is 27.9 Å². The Kier molecular flexibility index (Phi) is 7.55. The summed E-state index contributed by atoms with van der Waals surface area (Å²) >= 11 is 12.0. The summed E-state index contributed by atoms with van der Waals surface area (Å²) in [7, 11) is 0. The first-order valence-electron chi connectivity index (χ1n) is 9.72. The van der Waals surface area contributed by atoms with Gasteiger partial charge >= 0.3 is 0 Å². The molecule has 0 fully saturated rings. The first-order valence-corrected chi connectivity index (χ1v) is 10.5. The van der Waals surface area contributed by atoms with Crippen LogP contribution in [0.25, 0.3) is 0 Å². The van der Waals surface area contributed by atoms with Gasteiger partial charge in [0.25, 0.3) is 11.8 Å². The number of hydrogen-bond acceptors (Lipinski definition) is 3. The molecule has 0 aromatic heterocycles. The number of carbonyl (C=O) groups excluding carboxylic acids is 2. The van der Waals surface area contributed by atoms with Crippen molar-refractivity contribution in [2.24, 2.45) is 0 Å². The molecule has 0 spiro atoms. The van der Waals surface area contributed by atoms with Crippen LogP contribution in [-0.4, -0.2) is 17.9 Å². The van der Waals surface area contributed by atoms with Gasteiger partial charge in [0.05, 0.1) is 11.1 Å². The van der Waals surface area contributed by atoms with E-state index in [1.807, 2.05) is 37.3 Å². The number of amides is 2. The lowest BCUT2D eigenvalue weighted by Gasteiger charge is -2.16. The number of nitrogens with one attached hydrogen (secondary N) is 2. The summed E-state index contributed by atoms with van der Waals surface area (Å²) in [5.74, 6) is -0.169. The minimum atomic E-state index is -0.784. The maximum atomic E-state index is 12.5. The molecule has 0 bridgehead atoms. The molecule has 2 unspecified atom stereocenters. The quantitative estimate of drug-likeness (QED) is 0.465. The van der Waals surface area contributed by atoms with Gasteiger partial charge in [-0.05, 0) is 61.9 Å². The Morgan fingerprint density at radius 2 is 1.58 bits per heavy atom. The van der Waals surface area contributed by atoms with Gasteiger partial charge in [0.1, 0.15) is 5.75 Å². The topological polar surface area (TPSA) is 67.4 Å². The first-order chi connectivity index (χ1) is 14.8. The molecule has 0 saturated carbocycles. The molecule has 2 amide bonds. The van der Waals surface area contributed by atoms with E-state index >= 15 is 0 Å². The predicted molar refractivity (Wildman–Crippen MR) is 124 cm³/mol. The van der Waals surface area contributed by atoms with Crippen molar-refractivity contribution in [3.05, 3.63) is 94.0 Å². The molecule has 3 rings (SSSR count). The van der Waals surface area contributed by atoms with Crippen LogP contribution in [0.15, 0.2) is 72.8 Å². The monoisotopic (exact) mass is 456 g/mol. The van der Waals surface area contributed by atoms with Gasteiger partial charge in [-0.3, -0.25) is 9.59 Å². The Morgan fingerprint density at radius 3 is 2.23 bits per heavy atom. The van der Waals surface area contributed by atoms with E-state index in [1.54, 1.807) is 49.4 Å². The van der Waals surface area contributed by atoms with Crippen molar-refractivity contribution in [2.45, 2.75) is 26.0 Å². The lowest BCUT2D eigenvalue weighted by atomic mass is 10.1. The maximum Gasteiger partial charge on any atom is 0.265 e. The molecule has 3 aromatic carbocycles. The van der Waals surface area contributed by atoms with Crippen LogP contribution in [0.1, 0.15) is 35.8 Å². The first kappa shape index (κ1) is 22.7. The van der Waals surface area contributed by atoms with E-state index in [0.717, 1.165) is 5.56 Å². The average Bonchev–Trinajstić information content (AvgIpc) is 2.76. The van der Waals surface area contributed by atoms with Gasteiger partial charge in [-0.2, -0.15) is 0 Å². The number of benzene rings is 3. The fourth-order valence-electron chi connectivity index (χ4n) is 2.87. The molecule has 2 atom stereocenters. The Morgan fingerprint density at radius 1 is 0.903 bits per heavy atom. The van der Waals surface area contributed by atoms with Gasteiger partial charge < -0.3 is 15.4 Å². The highest BCUT2D eigenvalue weighted by atomic mass is 35.5. The molecule has 0 aliphatic heterocycles. The zero-order valence-electron chi connectivity index (χ0n) is 17.1. The SMILES string of the molecule is CC(Oc1ccc(Cl)cc1Cl)C(=O)Nc1ccc(C(=O)NC(C)c2ccccc2)cc1. The lowest BCUT2D eigenvalue weighted by Crippen LogP contribution is -2.30. The third-order valence-electron chi connectivity index (χ3n) is 4.63. The van der Waals surface area contributed by atoms with Crippen molar-refractivity contribution in [1.82, 2.24) is 5.32 Å². The van der Waals surface area contributed by atoms with Crippen LogP contribution in [0, 0.1) is 0 Å².